The van der Waals surface area contributed by atoms with E-state index in [1.54, 1.807) is 0 Å². The highest BCUT2D eigenvalue weighted by Gasteiger charge is 2.74. The van der Waals surface area contributed by atoms with Crippen molar-refractivity contribution in [2.45, 2.75) is 45.4 Å². The molecule has 0 aromatic rings. The molecular formula is C17H24O4. The van der Waals surface area contributed by atoms with E-state index in [9.17, 15) is 9.59 Å². The van der Waals surface area contributed by atoms with Crippen LogP contribution in [0.15, 0.2) is 12.2 Å². The van der Waals surface area contributed by atoms with Gasteiger partial charge in [-0.25, -0.2) is 0 Å². The van der Waals surface area contributed by atoms with E-state index >= 15 is 0 Å². The maximum atomic E-state index is 12.4. The largest absolute Gasteiger partial charge is 0.469 e. The molecule has 3 aliphatic carbocycles. The molecule has 2 saturated carbocycles. The van der Waals surface area contributed by atoms with Crippen molar-refractivity contribution in [3.8, 4) is 0 Å². The van der Waals surface area contributed by atoms with Crippen LogP contribution in [0.3, 0.4) is 0 Å². The minimum absolute atomic E-state index is 0.0343. The Morgan fingerprint density at radius 2 is 2.10 bits per heavy atom. The van der Waals surface area contributed by atoms with Gasteiger partial charge in [0.15, 0.2) is 0 Å². The van der Waals surface area contributed by atoms with E-state index < -0.39 is 0 Å². The lowest BCUT2D eigenvalue weighted by Gasteiger charge is -2.72. The fraction of sp³-hybridized carbons (Fsp3) is 0.765. The Bertz CT molecular complexity index is 483. The van der Waals surface area contributed by atoms with Gasteiger partial charge in [0.1, 0.15) is 0 Å². The molecule has 0 radical (unpaired) electrons. The molecular weight excluding hydrogens is 268 g/mol. The summed E-state index contributed by atoms with van der Waals surface area (Å²) < 4.78 is 10.3. The van der Waals surface area contributed by atoms with Gasteiger partial charge in [-0.2, -0.15) is 0 Å². The van der Waals surface area contributed by atoms with Gasteiger partial charge >= 0.3 is 11.9 Å². The molecule has 3 rings (SSSR count). The lowest BCUT2D eigenvalue weighted by molar-refractivity contribution is -0.250. The third-order valence-electron chi connectivity index (χ3n) is 6.07. The van der Waals surface area contributed by atoms with Crippen LogP contribution in [0.25, 0.3) is 0 Å². The van der Waals surface area contributed by atoms with Crippen molar-refractivity contribution in [3.05, 3.63) is 12.2 Å². The summed E-state index contributed by atoms with van der Waals surface area (Å²) >= 11 is 0. The summed E-state index contributed by atoms with van der Waals surface area (Å²) in [5.41, 5.74) is -0.199. The number of esters is 2. The van der Waals surface area contributed by atoms with Crippen LogP contribution in [0.2, 0.25) is 0 Å². The average Bonchev–Trinajstić information content (AvgIpc) is 2.47. The molecule has 0 amide bonds. The van der Waals surface area contributed by atoms with E-state index in [1.807, 2.05) is 6.92 Å². The minimum atomic E-state index is -0.234. The van der Waals surface area contributed by atoms with E-state index in [-0.39, 0.29) is 28.7 Å². The molecule has 4 heteroatoms. The minimum Gasteiger partial charge on any atom is -0.469 e. The maximum absolute atomic E-state index is 12.4. The molecule has 21 heavy (non-hydrogen) atoms. The van der Waals surface area contributed by atoms with E-state index in [4.69, 9.17) is 9.47 Å². The number of hydrogen-bond acceptors (Lipinski definition) is 4. The topological polar surface area (TPSA) is 52.6 Å². The Morgan fingerprint density at radius 3 is 2.81 bits per heavy atom. The smallest absolute Gasteiger partial charge is 0.309 e. The fourth-order valence-corrected chi connectivity index (χ4v) is 5.58. The van der Waals surface area contributed by atoms with Crippen LogP contribution in [-0.4, -0.2) is 25.7 Å². The molecule has 0 N–H and O–H groups in total. The summed E-state index contributed by atoms with van der Waals surface area (Å²) in [6.45, 7) is 2.22. The number of rotatable bonds is 4. The van der Waals surface area contributed by atoms with Crippen LogP contribution < -0.4 is 0 Å². The van der Waals surface area contributed by atoms with Crippen molar-refractivity contribution in [3.63, 3.8) is 0 Å². The number of methoxy groups -OCH3 is 1. The second-order valence-corrected chi connectivity index (χ2v) is 6.72. The molecule has 116 valence electrons. The van der Waals surface area contributed by atoms with Gasteiger partial charge in [0.25, 0.3) is 0 Å². The van der Waals surface area contributed by atoms with Crippen molar-refractivity contribution in [1.29, 1.82) is 0 Å². The van der Waals surface area contributed by atoms with Gasteiger partial charge in [-0.3, -0.25) is 9.59 Å². The van der Waals surface area contributed by atoms with Crippen LogP contribution in [0.4, 0.5) is 0 Å². The molecule has 0 saturated heterocycles. The molecule has 4 atom stereocenters. The first-order valence-electron chi connectivity index (χ1n) is 7.99. The predicted octanol–water partition coefficient (Wildman–Crippen LogP) is 2.87. The van der Waals surface area contributed by atoms with Gasteiger partial charge in [0, 0.05) is 0 Å². The standard InChI is InChI=1S/C17H24O4/c1-3-21-13(18)11-17-10-6-9-16(14(17)15(19)20-2)8-5-4-7-12(16)17/h4-5,12,14H,3,6-11H2,1-2H3/t12-,14-,16-,17-/m0/s1. The van der Waals surface area contributed by atoms with Crippen molar-refractivity contribution in [2.75, 3.05) is 13.7 Å². The van der Waals surface area contributed by atoms with E-state index in [0.717, 1.165) is 32.1 Å². The molecule has 0 aliphatic heterocycles. The molecule has 0 unspecified atom stereocenters. The third kappa shape index (κ3) is 1.87. The normalized spacial score (nSPS) is 39.9. The van der Waals surface area contributed by atoms with E-state index in [0.29, 0.717) is 18.9 Å². The second-order valence-electron chi connectivity index (χ2n) is 6.72. The first-order chi connectivity index (χ1) is 10.1. The van der Waals surface area contributed by atoms with Gasteiger partial charge in [0.05, 0.1) is 26.1 Å². The van der Waals surface area contributed by atoms with Gasteiger partial charge < -0.3 is 9.47 Å². The highest BCUT2D eigenvalue weighted by atomic mass is 16.5. The third-order valence-corrected chi connectivity index (χ3v) is 6.07. The van der Waals surface area contributed by atoms with Crippen molar-refractivity contribution in [1.82, 2.24) is 0 Å². The van der Waals surface area contributed by atoms with Crippen LogP contribution in [0.5, 0.6) is 0 Å². The number of hydrogen-bond donors (Lipinski definition) is 0. The highest BCUT2D eigenvalue weighted by molar-refractivity contribution is 5.80. The van der Waals surface area contributed by atoms with Gasteiger partial charge in [-0.15, -0.1) is 0 Å². The number of allylic oxidation sites excluding steroid dienone is 2. The molecule has 2 fully saturated rings. The Kier molecular flexibility index (Phi) is 3.58. The summed E-state index contributed by atoms with van der Waals surface area (Å²) in [6, 6.07) is 0. The van der Waals surface area contributed by atoms with Crippen LogP contribution in [0.1, 0.15) is 45.4 Å². The Morgan fingerprint density at radius 1 is 1.29 bits per heavy atom. The van der Waals surface area contributed by atoms with Crippen molar-refractivity contribution in [2.24, 2.45) is 22.7 Å². The SMILES string of the molecule is CCOC(=O)C[C@@]12CCC[C@]3(CC=CC[C@@H]31)[C@@H]2C(=O)OC. The summed E-state index contributed by atoms with van der Waals surface area (Å²) in [6.07, 6.45) is 9.80. The lowest BCUT2D eigenvalue weighted by Crippen LogP contribution is -2.70. The quantitative estimate of drug-likeness (QED) is 0.590. The van der Waals surface area contributed by atoms with E-state index in [1.165, 1.54) is 7.11 Å². The number of carbonyl (C=O) groups is 2. The molecule has 0 heterocycles. The Labute approximate surface area is 125 Å². The summed E-state index contributed by atoms with van der Waals surface area (Å²) in [5.74, 6) is -0.0117. The first-order valence-corrected chi connectivity index (χ1v) is 7.99. The van der Waals surface area contributed by atoms with E-state index in [2.05, 4.69) is 12.2 Å². The van der Waals surface area contributed by atoms with Crippen LogP contribution in [0, 0.1) is 22.7 Å². The molecule has 4 nitrogen and oxygen atoms in total. The zero-order chi connectivity index (χ0) is 15.1. The molecule has 2 bridgehead atoms. The summed E-state index contributed by atoms with van der Waals surface area (Å²) in [4.78, 5) is 24.5. The lowest BCUT2D eigenvalue weighted by atomic mass is 9.31. The monoisotopic (exact) mass is 292 g/mol. The zero-order valence-electron chi connectivity index (χ0n) is 12.9. The van der Waals surface area contributed by atoms with Crippen molar-refractivity contribution >= 4 is 11.9 Å². The second kappa shape index (κ2) is 5.15. The van der Waals surface area contributed by atoms with Gasteiger partial charge in [-0.05, 0) is 49.4 Å². The Hall–Kier alpha value is -1.32. The predicted molar refractivity (Wildman–Crippen MR) is 77.3 cm³/mol. The highest BCUT2D eigenvalue weighted by Crippen LogP contribution is 2.76. The average molecular weight is 292 g/mol. The van der Waals surface area contributed by atoms with Crippen molar-refractivity contribution < 1.29 is 19.1 Å². The zero-order valence-corrected chi connectivity index (χ0v) is 12.9. The van der Waals surface area contributed by atoms with Crippen LogP contribution in [-0.2, 0) is 19.1 Å². The summed E-state index contributed by atoms with van der Waals surface area (Å²) in [7, 11) is 1.46. The first kappa shape index (κ1) is 14.6. The molecule has 0 spiro atoms. The molecule has 3 aliphatic rings. The van der Waals surface area contributed by atoms with Crippen LogP contribution >= 0.6 is 0 Å². The summed E-state index contributed by atoms with van der Waals surface area (Å²) in [5, 5.41) is 0. The number of ether oxygens (including phenoxy) is 2. The molecule has 0 aromatic heterocycles. The Balaban J connectivity index is 1.93. The number of carbonyl (C=O) groups excluding carboxylic acids is 2. The molecule has 0 aromatic carbocycles. The maximum Gasteiger partial charge on any atom is 0.309 e. The fourth-order valence-electron chi connectivity index (χ4n) is 5.58. The van der Waals surface area contributed by atoms with Gasteiger partial charge in [-0.1, -0.05) is 18.6 Å². The van der Waals surface area contributed by atoms with Gasteiger partial charge in [0.2, 0.25) is 0 Å².